The number of methoxy groups -OCH3 is 1. The van der Waals surface area contributed by atoms with E-state index in [4.69, 9.17) is 16.3 Å². The molecule has 2 aromatic rings. The third-order valence-electron chi connectivity index (χ3n) is 3.18. The molecule has 8 heteroatoms. The van der Waals surface area contributed by atoms with Gasteiger partial charge in [0.25, 0.3) is 0 Å². The number of urea groups is 1. The van der Waals surface area contributed by atoms with E-state index in [1.54, 1.807) is 13.0 Å². The van der Waals surface area contributed by atoms with Crippen LogP contribution in [0.2, 0.25) is 5.02 Å². The number of nitrogens with one attached hydrogen (secondary N) is 2. The highest BCUT2D eigenvalue weighted by Crippen LogP contribution is 2.32. The molecule has 0 unspecified atom stereocenters. The predicted molar refractivity (Wildman–Crippen MR) is 86.8 cm³/mol. The van der Waals surface area contributed by atoms with E-state index in [1.165, 1.54) is 25.3 Å². The Hall–Kier alpha value is -2.41. The van der Waals surface area contributed by atoms with E-state index in [0.717, 1.165) is 12.1 Å². The van der Waals surface area contributed by atoms with E-state index in [0.29, 0.717) is 22.0 Å². The van der Waals surface area contributed by atoms with Crippen LogP contribution in [0.1, 0.15) is 11.1 Å². The van der Waals surface area contributed by atoms with Gasteiger partial charge in [-0.3, -0.25) is 0 Å². The lowest BCUT2D eigenvalue weighted by Gasteiger charge is -2.14. The first-order valence-electron chi connectivity index (χ1n) is 6.80. The number of carbonyl (C=O) groups is 1. The van der Waals surface area contributed by atoms with Crippen LogP contribution >= 0.6 is 11.6 Å². The molecule has 0 heterocycles. The highest BCUT2D eigenvalue weighted by molar-refractivity contribution is 6.31. The van der Waals surface area contributed by atoms with Crippen molar-refractivity contribution in [2.75, 3.05) is 17.7 Å². The molecule has 2 N–H and O–H groups in total. The number of hydrogen-bond acceptors (Lipinski definition) is 2. The Morgan fingerprint density at radius 1 is 1.17 bits per heavy atom. The monoisotopic (exact) mass is 358 g/mol. The molecule has 128 valence electrons. The van der Waals surface area contributed by atoms with Gasteiger partial charge < -0.3 is 15.4 Å². The van der Waals surface area contributed by atoms with Gasteiger partial charge in [-0.1, -0.05) is 17.7 Å². The maximum Gasteiger partial charge on any atom is 0.416 e. The zero-order valence-electron chi connectivity index (χ0n) is 12.8. The van der Waals surface area contributed by atoms with Crippen LogP contribution < -0.4 is 15.4 Å². The molecule has 0 radical (unpaired) electrons. The zero-order valence-corrected chi connectivity index (χ0v) is 13.5. The Balaban J connectivity index is 2.16. The van der Waals surface area contributed by atoms with Crippen molar-refractivity contribution in [1.82, 2.24) is 0 Å². The van der Waals surface area contributed by atoms with Crippen molar-refractivity contribution in [3.05, 3.63) is 52.5 Å². The van der Waals surface area contributed by atoms with Crippen molar-refractivity contribution < 1.29 is 22.7 Å². The molecule has 0 fully saturated rings. The maximum absolute atomic E-state index is 12.7. The first-order chi connectivity index (χ1) is 11.2. The summed E-state index contributed by atoms with van der Waals surface area (Å²) in [5.41, 5.74) is 0.239. The number of alkyl halides is 3. The van der Waals surface area contributed by atoms with Crippen molar-refractivity contribution in [3.8, 4) is 5.75 Å². The highest BCUT2D eigenvalue weighted by Gasteiger charge is 2.30. The average molecular weight is 359 g/mol. The molecule has 2 rings (SSSR count). The summed E-state index contributed by atoms with van der Waals surface area (Å²) in [7, 11) is 1.41. The molecule has 0 spiro atoms. The molecule has 0 saturated carbocycles. The number of halogens is 4. The Labute approximate surface area is 141 Å². The lowest BCUT2D eigenvalue weighted by atomic mass is 10.2. The summed E-state index contributed by atoms with van der Waals surface area (Å²) in [5.74, 6) is 0.338. The van der Waals surface area contributed by atoms with Gasteiger partial charge in [0, 0.05) is 16.8 Å². The molecule has 2 amide bonds. The van der Waals surface area contributed by atoms with Gasteiger partial charge in [-0.2, -0.15) is 13.2 Å². The van der Waals surface area contributed by atoms with Gasteiger partial charge in [0.15, 0.2) is 0 Å². The molecule has 0 saturated heterocycles. The van der Waals surface area contributed by atoms with Gasteiger partial charge in [-0.15, -0.1) is 0 Å². The van der Waals surface area contributed by atoms with Gasteiger partial charge in [0.2, 0.25) is 0 Å². The number of aryl methyl sites for hydroxylation is 1. The van der Waals surface area contributed by atoms with E-state index in [2.05, 4.69) is 10.6 Å². The summed E-state index contributed by atoms with van der Waals surface area (Å²) in [6, 6.07) is 6.79. The van der Waals surface area contributed by atoms with Crippen molar-refractivity contribution in [2.24, 2.45) is 0 Å². The second kappa shape index (κ2) is 7.00. The fourth-order valence-corrected chi connectivity index (χ4v) is 2.14. The Kier molecular flexibility index (Phi) is 5.23. The topological polar surface area (TPSA) is 50.4 Å². The van der Waals surface area contributed by atoms with E-state index in [1.807, 2.05) is 0 Å². The minimum atomic E-state index is -4.48. The normalized spacial score (nSPS) is 11.1. The first kappa shape index (κ1) is 17.9. The second-order valence-electron chi connectivity index (χ2n) is 4.96. The fourth-order valence-electron chi connectivity index (χ4n) is 1.99. The number of benzene rings is 2. The number of amides is 2. The minimum absolute atomic E-state index is 0.0203. The maximum atomic E-state index is 12.7. The van der Waals surface area contributed by atoms with Gasteiger partial charge in [-0.05, 0) is 36.8 Å². The SMILES string of the molecule is COc1cc(Cl)c(C)cc1NC(=O)Nc1cccc(C(F)(F)F)c1. The van der Waals surface area contributed by atoms with E-state index >= 15 is 0 Å². The molecular formula is C16H14ClF3N2O2. The predicted octanol–water partition coefficient (Wildman–Crippen LogP) is 5.32. The molecule has 0 aliphatic rings. The van der Waals surface area contributed by atoms with Crippen LogP contribution in [0.3, 0.4) is 0 Å². The molecule has 24 heavy (non-hydrogen) atoms. The molecule has 0 bridgehead atoms. The number of rotatable bonds is 3. The summed E-state index contributed by atoms with van der Waals surface area (Å²) in [6.07, 6.45) is -4.48. The molecule has 2 aromatic carbocycles. The minimum Gasteiger partial charge on any atom is -0.495 e. The van der Waals surface area contributed by atoms with Crippen LogP contribution in [-0.4, -0.2) is 13.1 Å². The highest BCUT2D eigenvalue weighted by atomic mass is 35.5. The molecular weight excluding hydrogens is 345 g/mol. The van der Waals surface area contributed by atoms with E-state index in [9.17, 15) is 18.0 Å². The lowest BCUT2D eigenvalue weighted by molar-refractivity contribution is -0.137. The molecule has 0 atom stereocenters. The standard InChI is InChI=1S/C16H14ClF3N2O2/c1-9-6-13(14(24-2)8-12(9)17)22-15(23)21-11-5-3-4-10(7-11)16(18,19)20/h3-8H,1-2H3,(H2,21,22,23). The van der Waals surface area contributed by atoms with Gasteiger partial charge in [0.05, 0.1) is 18.4 Å². The fraction of sp³-hybridized carbons (Fsp3) is 0.188. The number of ether oxygens (including phenoxy) is 1. The smallest absolute Gasteiger partial charge is 0.416 e. The molecule has 0 aliphatic carbocycles. The summed E-state index contributed by atoms with van der Waals surface area (Å²) >= 11 is 5.98. The number of anilines is 2. The Morgan fingerprint density at radius 2 is 1.88 bits per heavy atom. The number of hydrogen-bond donors (Lipinski definition) is 2. The molecule has 4 nitrogen and oxygen atoms in total. The summed E-state index contributed by atoms with van der Waals surface area (Å²) < 4.78 is 43.1. The summed E-state index contributed by atoms with van der Waals surface area (Å²) in [5, 5.41) is 5.34. The van der Waals surface area contributed by atoms with Gasteiger partial charge in [-0.25, -0.2) is 4.79 Å². The van der Waals surface area contributed by atoms with Gasteiger partial charge >= 0.3 is 12.2 Å². The third kappa shape index (κ3) is 4.32. The third-order valence-corrected chi connectivity index (χ3v) is 3.58. The molecule has 0 aliphatic heterocycles. The zero-order chi connectivity index (χ0) is 17.9. The van der Waals surface area contributed by atoms with Crippen molar-refractivity contribution >= 4 is 29.0 Å². The lowest BCUT2D eigenvalue weighted by Crippen LogP contribution is -2.20. The van der Waals surface area contributed by atoms with E-state index in [-0.39, 0.29) is 5.69 Å². The second-order valence-corrected chi connectivity index (χ2v) is 5.37. The largest absolute Gasteiger partial charge is 0.495 e. The van der Waals surface area contributed by atoms with Crippen LogP contribution in [0.15, 0.2) is 36.4 Å². The first-order valence-corrected chi connectivity index (χ1v) is 7.18. The van der Waals surface area contributed by atoms with Crippen LogP contribution in [0, 0.1) is 6.92 Å². The Bertz CT molecular complexity index is 763. The Morgan fingerprint density at radius 3 is 2.50 bits per heavy atom. The van der Waals surface area contributed by atoms with Crippen molar-refractivity contribution in [1.29, 1.82) is 0 Å². The van der Waals surface area contributed by atoms with E-state index < -0.39 is 17.8 Å². The summed E-state index contributed by atoms with van der Waals surface area (Å²) in [6.45, 7) is 1.75. The molecule has 0 aromatic heterocycles. The quantitative estimate of drug-likeness (QED) is 0.780. The average Bonchev–Trinajstić information content (AvgIpc) is 2.50. The van der Waals surface area contributed by atoms with Crippen LogP contribution in [-0.2, 0) is 6.18 Å². The number of carbonyl (C=O) groups excluding carboxylic acids is 1. The van der Waals surface area contributed by atoms with Crippen LogP contribution in [0.5, 0.6) is 5.75 Å². The van der Waals surface area contributed by atoms with Crippen molar-refractivity contribution in [2.45, 2.75) is 13.1 Å². The van der Waals surface area contributed by atoms with Crippen molar-refractivity contribution in [3.63, 3.8) is 0 Å². The van der Waals surface area contributed by atoms with Crippen LogP contribution in [0.4, 0.5) is 29.3 Å². The van der Waals surface area contributed by atoms with Crippen LogP contribution in [0.25, 0.3) is 0 Å². The van der Waals surface area contributed by atoms with Gasteiger partial charge in [0.1, 0.15) is 5.75 Å². The summed E-state index contributed by atoms with van der Waals surface area (Å²) in [4.78, 5) is 12.0.